The van der Waals surface area contributed by atoms with Crippen LogP contribution in [0.2, 0.25) is 0 Å². The lowest BCUT2D eigenvalue weighted by Crippen LogP contribution is -2.04. The number of aromatic nitrogens is 3. The van der Waals surface area contributed by atoms with Crippen molar-refractivity contribution in [2.24, 2.45) is 30.7 Å². The topological polar surface area (TPSA) is 406 Å². The third-order valence-electron chi connectivity index (χ3n) is 11.5. The second-order valence-electron chi connectivity index (χ2n) is 16.5. The van der Waals surface area contributed by atoms with Gasteiger partial charge in [0.25, 0.3) is 50.6 Å². The number of aromatic hydroxyl groups is 1. The highest BCUT2D eigenvalue weighted by atomic mass is 32.2. The fourth-order valence-corrected chi connectivity index (χ4v) is 11.2. The average molecular weight is 1130 g/mol. The van der Waals surface area contributed by atoms with E-state index in [1.165, 1.54) is 67.8 Å². The molecule has 8 aromatic carbocycles. The number of methoxy groups -OCH3 is 1. The molecule has 26 nitrogen and oxygen atoms in total. The minimum Gasteiger partial charge on any atom is -0.505 e. The van der Waals surface area contributed by atoms with Crippen molar-refractivity contribution in [1.82, 2.24) is 15.0 Å². The van der Waals surface area contributed by atoms with Crippen molar-refractivity contribution in [3.05, 3.63) is 120 Å². The Bertz CT molecular complexity index is 4700. The van der Waals surface area contributed by atoms with Gasteiger partial charge in [-0.15, -0.1) is 20.4 Å². The van der Waals surface area contributed by atoms with Gasteiger partial charge in [0.2, 0.25) is 0 Å². The molecule has 31 heteroatoms. The summed E-state index contributed by atoms with van der Waals surface area (Å²) in [5, 5.41) is 45.1. The van der Waals surface area contributed by atoms with Crippen molar-refractivity contribution in [2.45, 2.75) is 38.3 Å². The van der Waals surface area contributed by atoms with Crippen LogP contribution in [0.4, 0.5) is 34.1 Å². The molecule has 9 aromatic rings. The molecule has 0 unspecified atom stereocenters. The molecule has 0 bridgehead atoms. The fraction of sp³-hybridized carbons (Fsp3) is 0.0667. The lowest BCUT2D eigenvalue weighted by molar-refractivity contribution is 0.416. The van der Waals surface area contributed by atoms with E-state index in [-0.39, 0.29) is 66.2 Å². The first-order valence-electron chi connectivity index (χ1n) is 21.1. The molecule has 390 valence electrons. The summed E-state index contributed by atoms with van der Waals surface area (Å²) in [7, 11) is -23.5. The Hall–Kier alpha value is -8.11. The van der Waals surface area contributed by atoms with Crippen LogP contribution in [0.15, 0.2) is 164 Å². The molecule has 1 heterocycles. The van der Waals surface area contributed by atoms with Gasteiger partial charge in [0.1, 0.15) is 42.8 Å². The van der Waals surface area contributed by atoms with Gasteiger partial charge in [0.15, 0.2) is 5.75 Å². The Labute approximate surface area is 429 Å². The van der Waals surface area contributed by atoms with Gasteiger partial charge in [0, 0.05) is 27.6 Å². The number of nitrogens with zero attached hydrogens (tertiary/aromatic N) is 9. The molecule has 76 heavy (non-hydrogen) atoms. The largest absolute Gasteiger partial charge is 0.505 e. The zero-order valence-electron chi connectivity index (χ0n) is 38.6. The molecule has 0 aliphatic rings. The molecule has 0 radical (unpaired) electrons. The zero-order valence-corrected chi connectivity index (χ0v) is 42.7. The Morgan fingerprint density at radius 1 is 0.461 bits per heavy atom. The number of phenolic OH excluding ortho intramolecular Hbond substituents is 1. The molecule has 6 N–H and O–H groups in total. The van der Waals surface area contributed by atoms with Crippen molar-refractivity contribution < 1.29 is 74.7 Å². The first-order valence-corrected chi connectivity index (χ1v) is 28.3. The Kier molecular flexibility index (Phi) is 13.1. The van der Waals surface area contributed by atoms with Gasteiger partial charge in [-0.25, -0.2) is 0 Å². The molecule has 0 atom stereocenters. The van der Waals surface area contributed by atoms with E-state index in [9.17, 15) is 70.0 Å². The van der Waals surface area contributed by atoms with E-state index in [0.717, 1.165) is 23.0 Å². The average Bonchev–Trinajstić information content (AvgIpc) is 3.82. The summed E-state index contributed by atoms with van der Waals surface area (Å²) in [6, 6.07) is 22.6. The molecular weight excluding hydrogens is 1100 g/mol. The Morgan fingerprint density at radius 2 is 1.01 bits per heavy atom. The first-order chi connectivity index (χ1) is 35.5. The SMILES string of the molecule is COc1cc(N=Nc2ccc(N=Nc3ccc4c(S(=O)(=O)O)cc(S(=O)(=O)O)cc4c3)c(C)c2)c(C)cc1N=Nc1c(S(=O)(=O)O)cc2cc(-n3nc4ccc5c(S(=O)(=O)O)cc(S(=O)(=O)O)cc5c4n3)ccc2c1O. The molecule has 0 amide bonds. The van der Waals surface area contributed by atoms with E-state index < -0.39 is 86.5 Å². The standard InChI is InChI=1S/C45H33N9O17S5/c1-22-12-26(5-10-35(22)48-47-27-4-7-31-24(14-27)16-29(72(56,57)58)19-40(31)74(62,63)64)46-49-37-21-39(71-3)38(13-23(37)2)50-51-44-42(76(68,69)70)17-25-15-28(6-8-32(25)45(44)55)54-52-36-11-9-33-34(43(36)53-54)18-30(73(59,60)61)20-41(33)75(65,66)67/h4-21,55H,1-3H3,(H,56,57,58)(H,59,60,61)(H,62,63,64)(H,65,66,67)(H,68,69,70). The van der Waals surface area contributed by atoms with Gasteiger partial charge in [-0.05, 0) is 127 Å². The summed E-state index contributed by atoms with van der Waals surface area (Å²) < 4.78 is 176. The van der Waals surface area contributed by atoms with Gasteiger partial charge >= 0.3 is 0 Å². The molecule has 0 aliphatic heterocycles. The minimum atomic E-state index is -5.12. The van der Waals surface area contributed by atoms with Crippen LogP contribution < -0.4 is 4.74 Å². The predicted molar refractivity (Wildman–Crippen MR) is 270 cm³/mol. The maximum atomic E-state index is 12.8. The van der Waals surface area contributed by atoms with Gasteiger partial charge in [-0.2, -0.15) is 67.3 Å². The maximum absolute atomic E-state index is 12.8. The van der Waals surface area contributed by atoms with Crippen LogP contribution in [0.1, 0.15) is 11.1 Å². The van der Waals surface area contributed by atoms with Crippen LogP contribution >= 0.6 is 0 Å². The molecule has 0 spiro atoms. The summed E-state index contributed by atoms with van der Waals surface area (Å²) in [6.07, 6.45) is 0. The van der Waals surface area contributed by atoms with E-state index in [1.54, 1.807) is 32.0 Å². The molecular formula is C45H33N9O17S5. The van der Waals surface area contributed by atoms with Crippen molar-refractivity contribution >= 4 is 128 Å². The van der Waals surface area contributed by atoms with Crippen LogP contribution in [0.5, 0.6) is 11.5 Å². The van der Waals surface area contributed by atoms with Crippen LogP contribution in [-0.2, 0) is 50.6 Å². The number of benzene rings is 8. The summed E-state index contributed by atoms with van der Waals surface area (Å²) in [5.74, 6) is -0.632. The number of phenols is 1. The van der Waals surface area contributed by atoms with Crippen LogP contribution in [0, 0.1) is 13.8 Å². The van der Waals surface area contributed by atoms with Crippen LogP contribution in [0.3, 0.4) is 0 Å². The number of hydrogen-bond acceptors (Lipinski definition) is 20. The molecule has 1 aromatic heterocycles. The van der Waals surface area contributed by atoms with E-state index in [0.29, 0.717) is 40.3 Å². The van der Waals surface area contributed by atoms with Gasteiger partial charge < -0.3 is 9.84 Å². The highest BCUT2D eigenvalue weighted by Gasteiger charge is 2.26. The monoisotopic (exact) mass is 1130 g/mol. The lowest BCUT2D eigenvalue weighted by Gasteiger charge is -2.11. The fourth-order valence-electron chi connectivity index (χ4n) is 7.86. The third-order valence-corrected chi connectivity index (χ3v) is 15.8. The summed E-state index contributed by atoms with van der Waals surface area (Å²) in [5.41, 5.74) is 1.89. The molecule has 0 saturated heterocycles. The summed E-state index contributed by atoms with van der Waals surface area (Å²) in [4.78, 5) is -3.00. The molecule has 9 rings (SSSR count). The smallest absolute Gasteiger partial charge is 0.296 e. The second kappa shape index (κ2) is 18.9. The van der Waals surface area contributed by atoms with Crippen molar-refractivity contribution in [3.8, 4) is 17.2 Å². The normalized spacial score (nSPS) is 13.2. The highest BCUT2D eigenvalue weighted by Crippen LogP contribution is 2.44. The van der Waals surface area contributed by atoms with Crippen molar-refractivity contribution in [2.75, 3.05) is 7.11 Å². The van der Waals surface area contributed by atoms with Crippen LogP contribution in [-0.4, -0.2) is 92.1 Å². The number of rotatable bonds is 13. The quantitative estimate of drug-likeness (QED) is 0.0462. The zero-order chi connectivity index (χ0) is 55.0. The van der Waals surface area contributed by atoms with Gasteiger partial charge in [-0.1, -0.05) is 12.1 Å². The number of fused-ring (bicyclic) bond motifs is 5. The number of ether oxygens (including phenoxy) is 1. The number of aryl methyl sites for hydroxylation is 2. The molecule has 0 saturated carbocycles. The summed E-state index contributed by atoms with van der Waals surface area (Å²) >= 11 is 0. The van der Waals surface area contributed by atoms with E-state index in [1.807, 2.05) is 0 Å². The number of hydrogen-bond donors (Lipinski definition) is 6. The summed E-state index contributed by atoms with van der Waals surface area (Å²) in [6.45, 7) is 3.37. The first kappa shape index (κ1) is 52.7. The third kappa shape index (κ3) is 10.5. The second-order valence-corrected chi connectivity index (χ2v) is 23.5. The molecule has 0 aliphatic carbocycles. The highest BCUT2D eigenvalue weighted by molar-refractivity contribution is 7.87. The van der Waals surface area contributed by atoms with Crippen molar-refractivity contribution in [1.29, 1.82) is 0 Å². The van der Waals surface area contributed by atoms with Gasteiger partial charge in [0.05, 0.1) is 45.3 Å². The van der Waals surface area contributed by atoms with E-state index >= 15 is 0 Å². The van der Waals surface area contributed by atoms with E-state index in [2.05, 4.69) is 40.9 Å². The van der Waals surface area contributed by atoms with E-state index in [4.69, 9.17) is 4.74 Å². The number of azo groups is 3. The predicted octanol–water partition coefficient (Wildman–Crippen LogP) is 9.69. The Morgan fingerprint density at radius 3 is 1.64 bits per heavy atom. The van der Waals surface area contributed by atoms with Crippen molar-refractivity contribution in [3.63, 3.8) is 0 Å². The maximum Gasteiger partial charge on any atom is 0.296 e. The minimum absolute atomic E-state index is 0.0239. The van der Waals surface area contributed by atoms with Crippen LogP contribution in [0.25, 0.3) is 49.0 Å². The molecule has 0 fully saturated rings. The Balaban J connectivity index is 0.981. The lowest BCUT2D eigenvalue weighted by atomic mass is 10.1. The van der Waals surface area contributed by atoms with Gasteiger partial charge in [-0.3, -0.25) is 22.8 Å².